The van der Waals surface area contributed by atoms with E-state index in [1.54, 1.807) is 26.2 Å². The number of allylic oxidation sites excluding steroid dienone is 2. The summed E-state index contributed by atoms with van der Waals surface area (Å²) in [5, 5.41) is 9.78. The van der Waals surface area contributed by atoms with Crippen molar-refractivity contribution in [2.45, 2.75) is 71.8 Å². The first-order chi connectivity index (χ1) is 19.0. The Bertz CT molecular complexity index is 1470. The van der Waals surface area contributed by atoms with E-state index < -0.39 is 17.3 Å². The van der Waals surface area contributed by atoms with Crippen LogP contribution in [0, 0.1) is 17.2 Å². The number of hydrogen-bond donors (Lipinski definition) is 1. The summed E-state index contributed by atoms with van der Waals surface area (Å²) < 4.78 is 26.8. The Hall–Kier alpha value is -3.60. The molecule has 0 bridgehead atoms. The molecular weight excluding hydrogens is 503 g/mol. The second-order valence-corrected chi connectivity index (χ2v) is 12.2. The summed E-state index contributed by atoms with van der Waals surface area (Å²) in [5.41, 5.74) is 6.42. The zero-order valence-corrected chi connectivity index (χ0v) is 24.1. The van der Waals surface area contributed by atoms with Crippen LogP contribution >= 0.6 is 0 Å². The summed E-state index contributed by atoms with van der Waals surface area (Å²) >= 11 is 0. The molecule has 1 N–H and O–H groups in total. The van der Waals surface area contributed by atoms with Crippen LogP contribution < -0.4 is 9.47 Å². The van der Waals surface area contributed by atoms with Gasteiger partial charge in [0.05, 0.1) is 13.0 Å². The molecule has 40 heavy (non-hydrogen) atoms. The van der Waals surface area contributed by atoms with E-state index in [-0.39, 0.29) is 11.2 Å². The quantitative estimate of drug-likeness (QED) is 0.310. The number of aliphatic carboxylic acids is 1. The zero-order valence-electron chi connectivity index (χ0n) is 24.1. The van der Waals surface area contributed by atoms with Crippen LogP contribution in [0.1, 0.15) is 75.6 Å². The first-order valence-electron chi connectivity index (χ1n) is 14.2. The summed E-state index contributed by atoms with van der Waals surface area (Å²) in [7, 11) is 1.59. The molecule has 0 radical (unpaired) electrons. The van der Waals surface area contributed by atoms with Crippen LogP contribution in [-0.4, -0.2) is 18.2 Å². The average Bonchev–Trinajstić information content (AvgIpc) is 3.30. The lowest BCUT2D eigenvalue weighted by atomic mass is 9.64. The second-order valence-electron chi connectivity index (χ2n) is 12.2. The molecule has 5 rings (SSSR count). The lowest BCUT2D eigenvalue weighted by Gasteiger charge is -2.39. The normalized spacial score (nSPS) is 20.4. The van der Waals surface area contributed by atoms with Gasteiger partial charge in [0, 0.05) is 11.0 Å². The molecule has 5 heteroatoms. The third-order valence-electron chi connectivity index (χ3n) is 9.26. The fourth-order valence-corrected chi connectivity index (χ4v) is 6.50. The van der Waals surface area contributed by atoms with Gasteiger partial charge in [-0.05, 0) is 107 Å². The van der Waals surface area contributed by atoms with Gasteiger partial charge < -0.3 is 14.6 Å². The van der Waals surface area contributed by atoms with Crippen molar-refractivity contribution < 1.29 is 23.8 Å². The van der Waals surface area contributed by atoms with Crippen molar-refractivity contribution in [1.82, 2.24) is 0 Å². The number of ether oxygens (including phenoxy) is 2. The third-order valence-corrected chi connectivity index (χ3v) is 9.26. The van der Waals surface area contributed by atoms with Crippen LogP contribution in [0.2, 0.25) is 0 Å². The number of carboxylic acids is 1. The highest BCUT2D eigenvalue weighted by atomic mass is 19.1. The molecule has 2 atom stereocenters. The van der Waals surface area contributed by atoms with E-state index in [4.69, 9.17) is 9.47 Å². The minimum absolute atomic E-state index is 0.0205. The monoisotopic (exact) mass is 542 g/mol. The number of hydrogen-bond acceptors (Lipinski definition) is 3. The largest absolute Gasteiger partial charge is 0.497 e. The number of carboxylic acid groups (broad SMARTS) is 1. The molecule has 0 heterocycles. The van der Waals surface area contributed by atoms with Crippen molar-refractivity contribution in [3.63, 3.8) is 0 Å². The smallest absolute Gasteiger partial charge is 0.307 e. The fraction of sp³-hybridized carbons (Fsp3) is 0.400. The molecule has 0 aliphatic heterocycles. The minimum Gasteiger partial charge on any atom is -0.497 e. The van der Waals surface area contributed by atoms with E-state index in [1.807, 2.05) is 24.3 Å². The van der Waals surface area contributed by atoms with E-state index in [2.05, 4.69) is 39.0 Å². The Morgan fingerprint density at radius 1 is 0.975 bits per heavy atom. The number of aryl methyl sites for hydroxylation is 1. The van der Waals surface area contributed by atoms with Crippen molar-refractivity contribution in [2.75, 3.05) is 7.11 Å². The molecule has 0 spiro atoms. The summed E-state index contributed by atoms with van der Waals surface area (Å²) in [6.07, 6.45) is 7.09. The number of methoxy groups -OCH3 is 1. The molecule has 0 amide bonds. The van der Waals surface area contributed by atoms with Crippen molar-refractivity contribution >= 4 is 11.5 Å². The van der Waals surface area contributed by atoms with Gasteiger partial charge >= 0.3 is 5.97 Å². The maximum Gasteiger partial charge on any atom is 0.307 e. The molecule has 210 valence electrons. The number of benzene rings is 3. The molecular formula is C35H39FO4. The van der Waals surface area contributed by atoms with Crippen molar-refractivity contribution in [1.29, 1.82) is 0 Å². The zero-order chi connectivity index (χ0) is 28.7. The van der Waals surface area contributed by atoms with Gasteiger partial charge in [0.1, 0.15) is 23.9 Å². The van der Waals surface area contributed by atoms with E-state index >= 15 is 4.39 Å². The lowest BCUT2D eigenvalue weighted by molar-refractivity contribution is -0.143. The summed E-state index contributed by atoms with van der Waals surface area (Å²) in [6.45, 7) is 8.70. The Morgan fingerprint density at radius 3 is 2.45 bits per heavy atom. The first kappa shape index (κ1) is 27.9. The van der Waals surface area contributed by atoms with Crippen LogP contribution in [0.25, 0.3) is 16.7 Å². The Balaban J connectivity index is 1.48. The molecule has 0 saturated carbocycles. The number of fused-ring (bicyclic) bond motifs is 1. The highest BCUT2D eigenvalue weighted by molar-refractivity contribution is 5.85. The number of rotatable bonds is 8. The molecule has 0 aromatic heterocycles. The predicted molar refractivity (Wildman–Crippen MR) is 157 cm³/mol. The third kappa shape index (κ3) is 5.14. The summed E-state index contributed by atoms with van der Waals surface area (Å²) in [6, 6.07) is 17.1. The Kier molecular flexibility index (Phi) is 7.52. The van der Waals surface area contributed by atoms with Gasteiger partial charge in [-0.3, -0.25) is 4.79 Å². The van der Waals surface area contributed by atoms with E-state index in [0.717, 1.165) is 60.1 Å². The Labute approximate surface area is 236 Å². The van der Waals surface area contributed by atoms with Gasteiger partial charge in [-0.25, -0.2) is 4.39 Å². The minimum atomic E-state index is -0.772. The molecule has 3 aromatic carbocycles. The van der Waals surface area contributed by atoms with Crippen LogP contribution in [0.3, 0.4) is 0 Å². The topological polar surface area (TPSA) is 55.8 Å². The average molecular weight is 543 g/mol. The molecule has 2 aliphatic carbocycles. The standard InChI is InChI=1S/C35H39FO4/c1-22(33(37)38)35(4)17-6-8-24-11-12-26(20-31(24)35)40-21-23-10-14-27(29-19-25(39-5)13-15-32(29)36)28(18-23)30-9-7-16-34(30,2)3/h9-15,18-20,22H,6-8,16-17,21H2,1-5H3,(H,37,38)/t22?,35-/m0/s1. The van der Waals surface area contributed by atoms with Gasteiger partial charge in [0.15, 0.2) is 0 Å². The molecule has 3 aromatic rings. The van der Waals surface area contributed by atoms with Gasteiger partial charge in [-0.1, -0.05) is 52.0 Å². The van der Waals surface area contributed by atoms with Crippen LogP contribution in [0.15, 0.2) is 60.7 Å². The molecule has 4 nitrogen and oxygen atoms in total. The number of carbonyl (C=O) groups is 1. The van der Waals surface area contributed by atoms with Gasteiger partial charge in [-0.15, -0.1) is 0 Å². The lowest BCUT2D eigenvalue weighted by Crippen LogP contribution is -2.38. The van der Waals surface area contributed by atoms with Gasteiger partial charge in [0.2, 0.25) is 0 Å². The van der Waals surface area contributed by atoms with E-state index in [0.29, 0.717) is 17.9 Å². The van der Waals surface area contributed by atoms with Gasteiger partial charge in [-0.2, -0.15) is 0 Å². The molecule has 0 saturated heterocycles. The van der Waals surface area contributed by atoms with E-state index in [9.17, 15) is 9.90 Å². The van der Waals surface area contributed by atoms with Crippen molar-refractivity contribution in [3.8, 4) is 22.6 Å². The highest BCUT2D eigenvalue weighted by Crippen LogP contribution is 2.48. The van der Waals surface area contributed by atoms with Crippen LogP contribution in [0.4, 0.5) is 4.39 Å². The molecule has 0 fully saturated rings. The fourth-order valence-electron chi connectivity index (χ4n) is 6.50. The molecule has 2 aliphatic rings. The Morgan fingerprint density at radius 2 is 1.75 bits per heavy atom. The maximum atomic E-state index is 15.1. The van der Waals surface area contributed by atoms with Crippen molar-refractivity contribution in [2.24, 2.45) is 11.3 Å². The maximum absolute atomic E-state index is 15.1. The van der Waals surface area contributed by atoms with Crippen LogP contribution in [-0.2, 0) is 23.2 Å². The molecule has 1 unspecified atom stereocenters. The van der Waals surface area contributed by atoms with E-state index in [1.165, 1.54) is 17.2 Å². The first-order valence-corrected chi connectivity index (χ1v) is 14.2. The highest BCUT2D eigenvalue weighted by Gasteiger charge is 2.40. The second kappa shape index (κ2) is 10.8. The number of halogens is 1. The van der Waals surface area contributed by atoms with Crippen molar-refractivity contribution in [3.05, 3.63) is 88.7 Å². The van der Waals surface area contributed by atoms with Crippen LogP contribution in [0.5, 0.6) is 11.5 Å². The predicted octanol–water partition coefficient (Wildman–Crippen LogP) is 8.60. The summed E-state index contributed by atoms with van der Waals surface area (Å²) in [4.78, 5) is 11.9. The summed E-state index contributed by atoms with van der Waals surface area (Å²) in [5.74, 6) is -0.196. The van der Waals surface area contributed by atoms with Gasteiger partial charge in [0.25, 0.3) is 0 Å². The SMILES string of the molecule is COc1ccc(F)c(-c2ccc(COc3ccc4c(c3)[C@](C)(C(C)C(=O)O)CCC4)cc2C2=CCCC2(C)C)c1.